The monoisotopic (exact) mass is 169 g/mol. The molecule has 10 heavy (non-hydrogen) atoms. The highest BCUT2D eigenvalue weighted by Gasteiger charge is 1.97. The molecular weight excluding hydrogens is 161 g/mol. The van der Waals surface area contributed by atoms with Gasteiger partial charge < -0.3 is 0 Å². The van der Waals surface area contributed by atoms with E-state index in [0.717, 1.165) is 0 Å². The third-order valence-corrected chi connectivity index (χ3v) is 0.913. The predicted octanol–water partition coefficient (Wildman–Crippen LogP) is 0.544. The van der Waals surface area contributed by atoms with Crippen molar-refractivity contribution in [1.82, 2.24) is 5.39 Å². The number of carbonyl (C=O) groups excluding carboxylic acids is 1. The molecule has 0 saturated heterocycles. The Balaban J connectivity index is 2.98. The molecule has 0 aliphatic rings. The zero-order chi connectivity index (χ0) is 7.98. The molecule has 5 nitrogen and oxygen atoms in total. The minimum atomic E-state index is -0.467. The van der Waals surface area contributed by atoms with Crippen molar-refractivity contribution in [1.29, 1.82) is 0 Å². The third-order valence-electron chi connectivity index (χ3n) is 0.724. The third kappa shape index (κ3) is 7.80. The van der Waals surface area contributed by atoms with Gasteiger partial charge in [0.25, 0.3) is 0 Å². The van der Waals surface area contributed by atoms with Gasteiger partial charge in [-0.1, -0.05) is 0 Å². The van der Waals surface area contributed by atoms with Crippen molar-refractivity contribution >= 4 is 16.8 Å². The second-order valence-electron chi connectivity index (χ2n) is 1.54. The molecule has 60 valence electrons. The molecule has 0 saturated carbocycles. The van der Waals surface area contributed by atoms with E-state index in [-0.39, 0.29) is 13.0 Å². The quantitative estimate of drug-likeness (QED) is 0.357. The molecular formula is C4H8ClNO4. The van der Waals surface area contributed by atoms with E-state index in [1.807, 2.05) is 0 Å². The first kappa shape index (κ1) is 9.80. The van der Waals surface area contributed by atoms with E-state index < -0.39 is 10.6 Å². The van der Waals surface area contributed by atoms with Crippen LogP contribution in [0.25, 0.3) is 0 Å². The molecule has 0 aliphatic carbocycles. The van der Waals surface area contributed by atoms with Crippen LogP contribution in [0.4, 0.5) is 0 Å². The highest BCUT2D eigenvalue weighted by molar-refractivity contribution is 6.63. The lowest BCUT2D eigenvalue weighted by molar-refractivity contribution is -0.492. The normalized spacial score (nSPS) is 10.4. The average Bonchev–Trinajstić information content (AvgIpc) is 1.79. The maximum atomic E-state index is 10.1. The predicted molar refractivity (Wildman–Crippen MR) is 31.5 cm³/mol. The summed E-state index contributed by atoms with van der Waals surface area (Å²) in [6.07, 6.45) is 0.523. The Labute approximate surface area is 62.6 Å². The highest BCUT2D eigenvalue weighted by Crippen LogP contribution is 1.94. The summed E-state index contributed by atoms with van der Waals surface area (Å²) in [5, 5.41) is 15.1. The molecule has 0 aromatic rings. The average molecular weight is 170 g/mol. The molecule has 0 unspecified atom stereocenters. The fraction of sp³-hybridized carbons (Fsp3) is 0.750. The minimum Gasteiger partial charge on any atom is -0.281 e. The lowest BCUT2D eigenvalue weighted by atomic mass is 10.3. The Morgan fingerprint density at radius 2 is 2.20 bits per heavy atom. The molecule has 0 aliphatic heterocycles. The lowest BCUT2D eigenvalue weighted by Gasteiger charge is -2.03. The number of rotatable bonds is 5. The number of hydrogen-bond donors (Lipinski definition) is 2. The van der Waals surface area contributed by atoms with E-state index in [1.54, 1.807) is 0 Å². The first-order valence-electron chi connectivity index (χ1n) is 2.62. The van der Waals surface area contributed by atoms with E-state index in [0.29, 0.717) is 6.42 Å². The Morgan fingerprint density at radius 3 is 2.60 bits per heavy atom. The van der Waals surface area contributed by atoms with Crippen molar-refractivity contribution in [2.45, 2.75) is 12.8 Å². The maximum Gasteiger partial charge on any atom is 0.221 e. The second-order valence-corrected chi connectivity index (χ2v) is 1.97. The van der Waals surface area contributed by atoms with Gasteiger partial charge in [-0.15, -0.1) is 0 Å². The van der Waals surface area contributed by atoms with Crippen molar-refractivity contribution in [3.8, 4) is 0 Å². The molecule has 0 bridgehead atoms. The van der Waals surface area contributed by atoms with Crippen LogP contribution < -0.4 is 0 Å². The van der Waals surface area contributed by atoms with Crippen LogP contribution in [0.15, 0.2) is 0 Å². The van der Waals surface area contributed by atoms with E-state index in [9.17, 15) is 4.79 Å². The molecule has 2 N–H and O–H groups in total. The fourth-order valence-electron chi connectivity index (χ4n) is 0.357. The number of nitrogens with zero attached hydrogens (tertiary/aromatic N) is 1. The van der Waals surface area contributed by atoms with E-state index in [4.69, 9.17) is 22.0 Å². The molecule has 0 radical (unpaired) electrons. The van der Waals surface area contributed by atoms with Gasteiger partial charge in [-0.2, -0.15) is 0 Å². The van der Waals surface area contributed by atoms with Gasteiger partial charge in [0.2, 0.25) is 5.24 Å². The Kier molecular flexibility index (Phi) is 5.46. The molecule has 0 aromatic heterocycles. The van der Waals surface area contributed by atoms with Gasteiger partial charge >= 0.3 is 0 Å². The molecule has 0 heterocycles. The Morgan fingerprint density at radius 1 is 1.60 bits per heavy atom. The molecule has 0 aromatic carbocycles. The van der Waals surface area contributed by atoms with E-state index in [2.05, 4.69) is 4.84 Å². The minimum absolute atomic E-state index is 0.0471. The van der Waals surface area contributed by atoms with Gasteiger partial charge in [0, 0.05) is 6.42 Å². The van der Waals surface area contributed by atoms with Crippen molar-refractivity contribution < 1.29 is 20.0 Å². The van der Waals surface area contributed by atoms with Crippen molar-refractivity contribution in [3.63, 3.8) is 0 Å². The van der Waals surface area contributed by atoms with Crippen LogP contribution >= 0.6 is 11.6 Å². The summed E-state index contributed by atoms with van der Waals surface area (Å²) in [7, 11) is 0. The lowest BCUT2D eigenvalue weighted by Crippen LogP contribution is -2.15. The van der Waals surface area contributed by atoms with Crippen LogP contribution in [0.3, 0.4) is 0 Å². The standard InChI is InChI=1S/C4H8ClNO4/c5-4(7)2-1-3-10-6(8)9/h8-9H,1-3H2. The first-order chi connectivity index (χ1) is 4.63. The van der Waals surface area contributed by atoms with Gasteiger partial charge in [-0.05, 0) is 18.0 Å². The van der Waals surface area contributed by atoms with E-state index in [1.165, 1.54) is 0 Å². The summed E-state index contributed by atoms with van der Waals surface area (Å²) >= 11 is 4.96. The zero-order valence-corrected chi connectivity index (χ0v) is 5.91. The summed E-state index contributed by atoms with van der Waals surface area (Å²) in [4.78, 5) is 14.2. The van der Waals surface area contributed by atoms with Crippen molar-refractivity contribution in [2.24, 2.45) is 0 Å². The van der Waals surface area contributed by atoms with Crippen molar-refractivity contribution in [3.05, 3.63) is 0 Å². The fourth-order valence-corrected chi connectivity index (χ4v) is 0.491. The van der Waals surface area contributed by atoms with Crippen LogP contribution in [-0.2, 0) is 9.63 Å². The van der Waals surface area contributed by atoms with Gasteiger partial charge in [0.05, 0.1) is 12.0 Å². The van der Waals surface area contributed by atoms with Crippen LogP contribution in [0, 0.1) is 0 Å². The van der Waals surface area contributed by atoms with Gasteiger partial charge in [0.15, 0.2) is 0 Å². The van der Waals surface area contributed by atoms with Crippen LogP contribution in [0.5, 0.6) is 0 Å². The topological polar surface area (TPSA) is 70.0 Å². The van der Waals surface area contributed by atoms with Gasteiger partial charge in [-0.3, -0.25) is 20.0 Å². The number of carbonyl (C=O) groups is 1. The molecule has 0 atom stereocenters. The second kappa shape index (κ2) is 5.57. The maximum absolute atomic E-state index is 10.1. The SMILES string of the molecule is O=C(Cl)CCCON(O)O. The summed E-state index contributed by atoms with van der Waals surface area (Å²) < 4.78 is 0. The Bertz CT molecular complexity index is 107. The molecule has 6 heteroatoms. The first-order valence-corrected chi connectivity index (χ1v) is 3.00. The van der Waals surface area contributed by atoms with E-state index >= 15 is 0 Å². The molecule has 0 rings (SSSR count). The molecule has 0 spiro atoms. The van der Waals surface area contributed by atoms with Crippen LogP contribution in [0.1, 0.15) is 12.8 Å². The summed E-state index contributed by atoms with van der Waals surface area (Å²) in [6, 6.07) is 0. The van der Waals surface area contributed by atoms with Crippen LogP contribution in [0.2, 0.25) is 0 Å². The number of halogens is 1. The summed E-state index contributed by atoms with van der Waals surface area (Å²) in [5.74, 6) is 0. The van der Waals surface area contributed by atoms with Crippen LogP contribution in [-0.4, -0.2) is 27.7 Å². The van der Waals surface area contributed by atoms with Gasteiger partial charge in [0.1, 0.15) is 0 Å². The van der Waals surface area contributed by atoms with Gasteiger partial charge in [-0.25, -0.2) is 0 Å². The smallest absolute Gasteiger partial charge is 0.221 e. The number of hydrogen-bond acceptors (Lipinski definition) is 5. The molecule has 0 fully saturated rings. The Hall–Kier alpha value is -0.200. The molecule has 0 amide bonds. The van der Waals surface area contributed by atoms with Crippen molar-refractivity contribution in [2.75, 3.05) is 6.61 Å². The zero-order valence-electron chi connectivity index (χ0n) is 5.16. The highest BCUT2D eigenvalue weighted by atomic mass is 35.5. The summed E-state index contributed by atoms with van der Waals surface area (Å²) in [5.41, 5.74) is 0. The largest absolute Gasteiger partial charge is 0.281 e. The summed E-state index contributed by atoms with van der Waals surface area (Å²) in [6.45, 7) is 0.0471.